The van der Waals surface area contributed by atoms with Crippen molar-refractivity contribution >= 4 is 5.78 Å². The zero-order valence-corrected chi connectivity index (χ0v) is 10.8. The Labute approximate surface area is 94.6 Å². The Morgan fingerprint density at radius 1 is 1.33 bits per heavy atom. The maximum absolute atomic E-state index is 11.8. The first-order valence-electron chi connectivity index (χ1n) is 6.45. The topological polar surface area (TPSA) is 17.1 Å². The van der Waals surface area contributed by atoms with Crippen LogP contribution in [-0.2, 0) is 4.79 Å². The maximum Gasteiger partial charge on any atom is 0.135 e. The number of rotatable bonds is 3. The van der Waals surface area contributed by atoms with E-state index in [1.54, 1.807) is 0 Å². The Morgan fingerprint density at radius 2 is 2.00 bits per heavy atom. The summed E-state index contributed by atoms with van der Waals surface area (Å²) in [6.45, 7) is 9.04. The normalized spacial score (nSPS) is 28.1. The molecular formula is C14H26O. The molecule has 0 N–H and O–H groups in total. The van der Waals surface area contributed by atoms with Gasteiger partial charge >= 0.3 is 0 Å². The monoisotopic (exact) mass is 210 g/mol. The number of carbonyl (C=O) groups excluding carboxylic acids is 1. The average Bonchev–Trinajstić information content (AvgIpc) is 2.15. The van der Waals surface area contributed by atoms with Crippen LogP contribution in [0.15, 0.2) is 0 Å². The highest BCUT2D eigenvalue weighted by atomic mass is 16.1. The first kappa shape index (κ1) is 12.7. The zero-order chi connectivity index (χ0) is 11.5. The second-order valence-electron chi connectivity index (χ2n) is 6.31. The largest absolute Gasteiger partial charge is 0.299 e. The van der Waals surface area contributed by atoms with Crippen LogP contribution < -0.4 is 0 Å². The molecule has 0 saturated heterocycles. The van der Waals surface area contributed by atoms with Crippen LogP contribution in [-0.4, -0.2) is 5.78 Å². The molecule has 0 aromatic heterocycles. The highest BCUT2D eigenvalue weighted by molar-refractivity contribution is 5.81. The van der Waals surface area contributed by atoms with Crippen LogP contribution in [0.4, 0.5) is 0 Å². The number of Topliss-reactive ketones (excluding diaryl/α,β-unsaturated/α-hetero) is 1. The first-order valence-corrected chi connectivity index (χ1v) is 6.45. The van der Waals surface area contributed by atoms with E-state index in [4.69, 9.17) is 0 Å². The SMILES string of the molecule is CCC1CCC(=O)C(CCC(C)(C)C)C1. The summed E-state index contributed by atoms with van der Waals surface area (Å²) < 4.78 is 0. The number of hydrogen-bond acceptors (Lipinski definition) is 1. The minimum atomic E-state index is 0.374. The number of carbonyl (C=O) groups is 1. The highest BCUT2D eigenvalue weighted by Crippen LogP contribution is 2.34. The van der Waals surface area contributed by atoms with Crippen LogP contribution in [0.2, 0.25) is 0 Å². The zero-order valence-electron chi connectivity index (χ0n) is 10.8. The van der Waals surface area contributed by atoms with Crippen molar-refractivity contribution in [2.24, 2.45) is 17.3 Å². The average molecular weight is 210 g/mol. The second kappa shape index (κ2) is 5.14. The molecule has 2 unspecified atom stereocenters. The van der Waals surface area contributed by atoms with Crippen molar-refractivity contribution in [2.75, 3.05) is 0 Å². The summed E-state index contributed by atoms with van der Waals surface area (Å²) in [5, 5.41) is 0. The van der Waals surface area contributed by atoms with E-state index in [2.05, 4.69) is 27.7 Å². The van der Waals surface area contributed by atoms with Gasteiger partial charge < -0.3 is 0 Å². The quantitative estimate of drug-likeness (QED) is 0.682. The Bertz CT molecular complexity index is 212. The van der Waals surface area contributed by atoms with Gasteiger partial charge in [0.2, 0.25) is 0 Å². The summed E-state index contributed by atoms with van der Waals surface area (Å²) in [5.74, 6) is 1.72. The van der Waals surface area contributed by atoms with Gasteiger partial charge in [0, 0.05) is 12.3 Å². The van der Waals surface area contributed by atoms with Crippen LogP contribution >= 0.6 is 0 Å². The van der Waals surface area contributed by atoms with Gasteiger partial charge in [-0.25, -0.2) is 0 Å². The smallest absolute Gasteiger partial charge is 0.135 e. The Hall–Kier alpha value is -0.330. The van der Waals surface area contributed by atoms with Gasteiger partial charge in [-0.05, 0) is 37.0 Å². The number of ketones is 1. The van der Waals surface area contributed by atoms with E-state index in [-0.39, 0.29) is 0 Å². The van der Waals surface area contributed by atoms with Crippen molar-refractivity contribution in [2.45, 2.75) is 66.2 Å². The molecule has 0 aromatic rings. The van der Waals surface area contributed by atoms with Crippen molar-refractivity contribution in [3.63, 3.8) is 0 Å². The van der Waals surface area contributed by atoms with Gasteiger partial charge in [-0.3, -0.25) is 4.79 Å². The van der Waals surface area contributed by atoms with Gasteiger partial charge in [-0.2, -0.15) is 0 Å². The molecule has 1 saturated carbocycles. The molecular weight excluding hydrogens is 184 g/mol. The lowest BCUT2D eigenvalue weighted by Crippen LogP contribution is -2.25. The fraction of sp³-hybridized carbons (Fsp3) is 0.929. The summed E-state index contributed by atoms with van der Waals surface area (Å²) >= 11 is 0. The lowest BCUT2D eigenvalue weighted by molar-refractivity contribution is -0.126. The third-order valence-corrected chi connectivity index (χ3v) is 3.69. The Morgan fingerprint density at radius 3 is 2.53 bits per heavy atom. The fourth-order valence-corrected chi connectivity index (χ4v) is 2.46. The standard InChI is InChI=1S/C14H26O/c1-5-11-6-7-13(15)12(10-11)8-9-14(2,3)4/h11-12H,5-10H2,1-4H3. The van der Waals surface area contributed by atoms with E-state index >= 15 is 0 Å². The summed E-state index contributed by atoms with van der Waals surface area (Å²) in [4.78, 5) is 11.8. The van der Waals surface area contributed by atoms with Gasteiger partial charge in [0.15, 0.2) is 0 Å². The highest BCUT2D eigenvalue weighted by Gasteiger charge is 2.28. The van der Waals surface area contributed by atoms with Gasteiger partial charge in [0.05, 0.1) is 0 Å². The third-order valence-electron chi connectivity index (χ3n) is 3.69. The van der Waals surface area contributed by atoms with Crippen LogP contribution in [0.25, 0.3) is 0 Å². The van der Waals surface area contributed by atoms with E-state index in [1.165, 1.54) is 12.8 Å². The van der Waals surface area contributed by atoms with Crippen molar-refractivity contribution in [1.29, 1.82) is 0 Å². The summed E-state index contributed by atoms with van der Waals surface area (Å²) in [6, 6.07) is 0. The van der Waals surface area contributed by atoms with Crippen molar-refractivity contribution in [1.82, 2.24) is 0 Å². The molecule has 0 heterocycles. The molecule has 0 bridgehead atoms. The summed E-state index contributed by atoms with van der Waals surface area (Å²) in [7, 11) is 0. The Kier molecular flexibility index (Phi) is 4.36. The molecule has 0 aromatic carbocycles. The molecule has 1 heteroatoms. The van der Waals surface area contributed by atoms with Crippen LogP contribution in [0.1, 0.15) is 66.2 Å². The van der Waals surface area contributed by atoms with Crippen LogP contribution in [0, 0.1) is 17.3 Å². The molecule has 0 aliphatic heterocycles. The molecule has 15 heavy (non-hydrogen) atoms. The van der Waals surface area contributed by atoms with E-state index in [0.29, 0.717) is 17.1 Å². The molecule has 1 fully saturated rings. The maximum atomic E-state index is 11.8. The second-order valence-corrected chi connectivity index (χ2v) is 6.31. The molecule has 2 atom stereocenters. The van der Waals surface area contributed by atoms with Crippen LogP contribution in [0.5, 0.6) is 0 Å². The lowest BCUT2D eigenvalue weighted by Gasteiger charge is -2.29. The molecule has 1 nitrogen and oxygen atoms in total. The molecule has 1 rings (SSSR count). The fourth-order valence-electron chi connectivity index (χ4n) is 2.46. The molecule has 88 valence electrons. The predicted molar refractivity (Wildman–Crippen MR) is 64.8 cm³/mol. The van der Waals surface area contributed by atoms with E-state index in [0.717, 1.165) is 31.6 Å². The van der Waals surface area contributed by atoms with E-state index in [1.807, 2.05) is 0 Å². The van der Waals surface area contributed by atoms with Gasteiger partial charge in [-0.15, -0.1) is 0 Å². The minimum Gasteiger partial charge on any atom is -0.299 e. The Balaban J connectivity index is 2.41. The molecule has 1 aliphatic rings. The van der Waals surface area contributed by atoms with Crippen LogP contribution in [0.3, 0.4) is 0 Å². The number of hydrogen-bond donors (Lipinski definition) is 0. The van der Waals surface area contributed by atoms with E-state index in [9.17, 15) is 4.79 Å². The van der Waals surface area contributed by atoms with Gasteiger partial charge in [0.25, 0.3) is 0 Å². The lowest BCUT2D eigenvalue weighted by atomic mass is 9.75. The molecule has 0 spiro atoms. The van der Waals surface area contributed by atoms with Gasteiger partial charge in [-0.1, -0.05) is 34.1 Å². The minimum absolute atomic E-state index is 0.374. The third kappa shape index (κ3) is 4.36. The van der Waals surface area contributed by atoms with Crippen molar-refractivity contribution < 1.29 is 4.79 Å². The molecule has 0 radical (unpaired) electrons. The van der Waals surface area contributed by atoms with E-state index < -0.39 is 0 Å². The first-order chi connectivity index (χ1) is 6.92. The predicted octanol–water partition coefficient (Wildman–Crippen LogP) is 4.21. The molecule has 0 amide bonds. The summed E-state index contributed by atoms with van der Waals surface area (Å²) in [5.41, 5.74) is 0.374. The van der Waals surface area contributed by atoms with Crippen molar-refractivity contribution in [3.8, 4) is 0 Å². The summed E-state index contributed by atoms with van der Waals surface area (Å²) in [6.07, 6.45) is 6.68. The molecule has 1 aliphatic carbocycles. The van der Waals surface area contributed by atoms with Crippen molar-refractivity contribution in [3.05, 3.63) is 0 Å². The van der Waals surface area contributed by atoms with Gasteiger partial charge in [0.1, 0.15) is 5.78 Å².